The second-order valence-electron chi connectivity index (χ2n) is 7.31. The summed E-state index contributed by atoms with van der Waals surface area (Å²) < 4.78 is 6.49. The van der Waals surface area contributed by atoms with Crippen molar-refractivity contribution in [3.8, 4) is 0 Å². The molecule has 1 aliphatic heterocycles. The molecular weight excluding hydrogens is 248 g/mol. The van der Waals surface area contributed by atoms with E-state index in [0.717, 1.165) is 6.42 Å². The van der Waals surface area contributed by atoms with E-state index in [1.54, 1.807) is 0 Å². The van der Waals surface area contributed by atoms with Crippen LogP contribution in [-0.2, 0) is 4.74 Å². The minimum absolute atomic E-state index is 0.117. The average molecular weight is 274 g/mol. The molecule has 2 aliphatic rings. The van der Waals surface area contributed by atoms with E-state index in [1.807, 2.05) is 0 Å². The average Bonchev–Trinajstić information content (AvgIpc) is 2.38. The van der Waals surface area contributed by atoms with Crippen LogP contribution in [-0.4, -0.2) is 16.8 Å². The van der Waals surface area contributed by atoms with Gasteiger partial charge in [0.15, 0.2) is 0 Å². The first-order valence-corrected chi connectivity index (χ1v) is 7.81. The van der Waals surface area contributed by atoms with Gasteiger partial charge in [-0.15, -0.1) is 0 Å². The van der Waals surface area contributed by atoms with Gasteiger partial charge in [-0.05, 0) is 56.9 Å². The maximum Gasteiger partial charge on any atom is 0.0864 e. The molecule has 2 fully saturated rings. The van der Waals surface area contributed by atoms with Crippen molar-refractivity contribution in [2.24, 2.45) is 17.8 Å². The molecule has 2 nitrogen and oxygen atoms in total. The van der Waals surface area contributed by atoms with Gasteiger partial charge in [0.2, 0.25) is 0 Å². The normalized spacial score (nSPS) is 39.5. The Morgan fingerprint density at radius 3 is 2.70 bits per heavy atom. The van der Waals surface area contributed by atoms with Gasteiger partial charge in [0.05, 0.1) is 17.8 Å². The molecule has 1 aliphatic carbocycles. The maximum atomic E-state index is 10.4. The van der Waals surface area contributed by atoms with Gasteiger partial charge in [-0.1, -0.05) is 36.8 Å². The molecule has 2 unspecified atom stereocenters. The SMILES string of the molecule is Cc1cccc([C@@H]2OC(C)(C)C3CC2[C@H](C)[C@@H](O)C3)c1. The van der Waals surface area contributed by atoms with E-state index in [0.29, 0.717) is 17.8 Å². The Morgan fingerprint density at radius 2 is 2.00 bits per heavy atom. The highest BCUT2D eigenvalue weighted by Crippen LogP contribution is 2.52. The van der Waals surface area contributed by atoms with E-state index in [4.69, 9.17) is 4.74 Å². The number of hydrogen-bond donors (Lipinski definition) is 1. The fourth-order valence-electron chi connectivity index (χ4n) is 4.07. The van der Waals surface area contributed by atoms with Crippen molar-refractivity contribution in [3.05, 3.63) is 35.4 Å². The summed E-state index contributed by atoms with van der Waals surface area (Å²) in [5, 5.41) is 10.4. The Bertz CT molecular complexity index is 494. The number of rotatable bonds is 1. The second-order valence-corrected chi connectivity index (χ2v) is 7.31. The van der Waals surface area contributed by atoms with Gasteiger partial charge in [0, 0.05) is 0 Å². The van der Waals surface area contributed by atoms with Crippen molar-refractivity contribution in [2.75, 3.05) is 0 Å². The van der Waals surface area contributed by atoms with E-state index >= 15 is 0 Å². The quantitative estimate of drug-likeness (QED) is 0.842. The molecule has 2 bridgehead atoms. The second kappa shape index (κ2) is 4.85. The van der Waals surface area contributed by atoms with Crippen LogP contribution in [0.25, 0.3) is 0 Å². The van der Waals surface area contributed by atoms with Crippen molar-refractivity contribution in [1.29, 1.82) is 0 Å². The molecule has 0 radical (unpaired) electrons. The number of aliphatic hydroxyl groups is 1. The summed E-state index contributed by atoms with van der Waals surface area (Å²) in [5.41, 5.74) is 2.39. The van der Waals surface area contributed by atoms with E-state index in [2.05, 4.69) is 52.0 Å². The molecule has 0 spiro atoms. The minimum Gasteiger partial charge on any atom is -0.393 e. The lowest BCUT2D eigenvalue weighted by molar-refractivity contribution is -0.215. The molecule has 1 saturated heterocycles. The Hall–Kier alpha value is -0.860. The molecule has 1 N–H and O–H groups in total. The van der Waals surface area contributed by atoms with Gasteiger partial charge in [-0.2, -0.15) is 0 Å². The molecule has 3 rings (SSSR count). The summed E-state index contributed by atoms with van der Waals surface area (Å²) in [4.78, 5) is 0. The summed E-state index contributed by atoms with van der Waals surface area (Å²) in [6, 6.07) is 8.63. The lowest BCUT2D eigenvalue weighted by Gasteiger charge is -2.53. The molecule has 110 valence electrons. The highest BCUT2D eigenvalue weighted by Gasteiger charge is 2.50. The van der Waals surface area contributed by atoms with Crippen LogP contribution in [0.5, 0.6) is 0 Å². The Balaban J connectivity index is 1.97. The van der Waals surface area contributed by atoms with E-state index in [1.165, 1.54) is 17.5 Å². The lowest BCUT2D eigenvalue weighted by Crippen LogP contribution is -2.52. The van der Waals surface area contributed by atoms with Crippen molar-refractivity contribution in [1.82, 2.24) is 0 Å². The summed E-state index contributed by atoms with van der Waals surface area (Å²) >= 11 is 0. The number of fused-ring (bicyclic) bond motifs is 2. The van der Waals surface area contributed by atoms with E-state index < -0.39 is 0 Å². The summed E-state index contributed by atoms with van der Waals surface area (Å²) in [7, 11) is 0. The van der Waals surface area contributed by atoms with Crippen LogP contribution in [0.3, 0.4) is 0 Å². The van der Waals surface area contributed by atoms with Crippen LogP contribution < -0.4 is 0 Å². The fraction of sp³-hybridized carbons (Fsp3) is 0.667. The standard InChI is InChI=1S/C18H26O2/c1-11-6-5-7-13(8-11)17-15-9-14(18(3,4)20-17)10-16(19)12(15)2/h5-8,12,14-17,19H,9-10H2,1-4H3/t12-,14?,15?,16-,17-/m0/s1. The van der Waals surface area contributed by atoms with Crippen molar-refractivity contribution < 1.29 is 9.84 Å². The number of aryl methyl sites for hydroxylation is 1. The van der Waals surface area contributed by atoms with Gasteiger partial charge in [0.25, 0.3) is 0 Å². The van der Waals surface area contributed by atoms with Crippen molar-refractivity contribution >= 4 is 0 Å². The molecule has 20 heavy (non-hydrogen) atoms. The van der Waals surface area contributed by atoms with Crippen LogP contribution in [0.2, 0.25) is 0 Å². The Kier molecular flexibility index (Phi) is 3.42. The molecule has 2 heteroatoms. The minimum atomic E-state index is -0.186. The first kappa shape index (κ1) is 14.1. The van der Waals surface area contributed by atoms with Crippen LogP contribution in [0.1, 0.15) is 50.8 Å². The first-order chi connectivity index (χ1) is 9.38. The monoisotopic (exact) mass is 274 g/mol. The summed E-state index contributed by atoms with van der Waals surface area (Å²) in [6.07, 6.45) is 1.98. The maximum absolute atomic E-state index is 10.4. The molecule has 5 atom stereocenters. The van der Waals surface area contributed by atoms with Gasteiger partial charge >= 0.3 is 0 Å². The third-order valence-corrected chi connectivity index (χ3v) is 5.54. The van der Waals surface area contributed by atoms with E-state index in [-0.39, 0.29) is 17.8 Å². The lowest BCUT2D eigenvalue weighted by atomic mass is 9.63. The van der Waals surface area contributed by atoms with Crippen LogP contribution >= 0.6 is 0 Å². The third-order valence-electron chi connectivity index (χ3n) is 5.54. The number of hydrogen-bond acceptors (Lipinski definition) is 2. The smallest absolute Gasteiger partial charge is 0.0864 e. The number of ether oxygens (including phenoxy) is 1. The van der Waals surface area contributed by atoms with Crippen molar-refractivity contribution in [3.63, 3.8) is 0 Å². The molecule has 0 aromatic heterocycles. The van der Waals surface area contributed by atoms with Crippen LogP contribution in [0.15, 0.2) is 24.3 Å². The van der Waals surface area contributed by atoms with Crippen molar-refractivity contribution in [2.45, 2.75) is 58.3 Å². The fourth-order valence-corrected chi connectivity index (χ4v) is 4.07. The first-order valence-electron chi connectivity index (χ1n) is 7.81. The molecule has 1 aromatic carbocycles. The highest BCUT2D eigenvalue weighted by molar-refractivity contribution is 5.26. The zero-order chi connectivity index (χ0) is 14.5. The third kappa shape index (κ3) is 2.29. The van der Waals surface area contributed by atoms with E-state index in [9.17, 15) is 5.11 Å². The molecule has 1 saturated carbocycles. The summed E-state index contributed by atoms with van der Waals surface area (Å²) in [5.74, 6) is 1.21. The van der Waals surface area contributed by atoms with Crippen LogP contribution in [0, 0.1) is 24.7 Å². The predicted octanol–water partition coefficient (Wildman–Crippen LogP) is 3.87. The van der Waals surface area contributed by atoms with Crippen LogP contribution in [0.4, 0.5) is 0 Å². The number of benzene rings is 1. The van der Waals surface area contributed by atoms with Gasteiger partial charge in [0.1, 0.15) is 0 Å². The molecular formula is C18H26O2. The van der Waals surface area contributed by atoms with Gasteiger partial charge in [-0.25, -0.2) is 0 Å². The Morgan fingerprint density at radius 1 is 1.25 bits per heavy atom. The topological polar surface area (TPSA) is 29.5 Å². The molecule has 0 amide bonds. The molecule has 1 heterocycles. The highest BCUT2D eigenvalue weighted by atomic mass is 16.5. The predicted molar refractivity (Wildman–Crippen MR) is 80.5 cm³/mol. The van der Waals surface area contributed by atoms with Gasteiger partial charge < -0.3 is 9.84 Å². The Labute approximate surface area is 122 Å². The molecule has 1 aromatic rings. The summed E-state index contributed by atoms with van der Waals surface area (Å²) in [6.45, 7) is 8.66. The zero-order valence-electron chi connectivity index (χ0n) is 13.0. The van der Waals surface area contributed by atoms with Gasteiger partial charge in [-0.3, -0.25) is 0 Å². The number of aliphatic hydroxyl groups excluding tert-OH is 1. The zero-order valence-corrected chi connectivity index (χ0v) is 13.0. The largest absolute Gasteiger partial charge is 0.393 e.